The highest BCUT2D eigenvalue weighted by molar-refractivity contribution is 14.1. The van der Waals surface area contributed by atoms with Gasteiger partial charge < -0.3 is 19.3 Å². The van der Waals surface area contributed by atoms with Crippen LogP contribution in [0.1, 0.15) is 29.5 Å². The number of ether oxygens (including phenoxy) is 3. The van der Waals surface area contributed by atoms with Gasteiger partial charge in [0.2, 0.25) is 0 Å². The first-order chi connectivity index (χ1) is 17.6. The van der Waals surface area contributed by atoms with Crippen molar-refractivity contribution in [2.24, 2.45) is 0 Å². The molecule has 3 aromatic rings. The van der Waals surface area contributed by atoms with Crippen LogP contribution in [0.5, 0.6) is 0 Å². The molecule has 6 nitrogen and oxygen atoms in total. The average molecular weight is 601 g/mol. The normalized spacial score (nSPS) is 20.4. The van der Waals surface area contributed by atoms with Gasteiger partial charge in [-0.1, -0.05) is 114 Å². The van der Waals surface area contributed by atoms with Crippen LogP contribution in [0.3, 0.4) is 0 Å². The lowest BCUT2D eigenvalue weighted by Gasteiger charge is -2.40. The van der Waals surface area contributed by atoms with Crippen molar-refractivity contribution in [3.05, 3.63) is 108 Å². The molecule has 4 rings (SSSR count). The van der Waals surface area contributed by atoms with Crippen LogP contribution in [0, 0.1) is 0 Å². The van der Waals surface area contributed by atoms with Crippen LogP contribution in [-0.4, -0.2) is 45.1 Å². The summed E-state index contributed by atoms with van der Waals surface area (Å²) in [4.78, 5) is 15.2. The molecular weight excluding hydrogens is 569 g/mol. The molecule has 0 saturated carbocycles. The minimum absolute atomic E-state index is 0.0114. The van der Waals surface area contributed by atoms with Crippen LogP contribution < -0.4 is 0 Å². The smallest absolute Gasteiger partial charge is 0.410 e. The number of hydrogen-bond acceptors (Lipinski definition) is 5. The Bertz CT molecular complexity index is 1050. The summed E-state index contributed by atoms with van der Waals surface area (Å²) in [5.74, 6) is 0. The topological polar surface area (TPSA) is 68.2 Å². The van der Waals surface area contributed by atoms with Gasteiger partial charge in [-0.25, -0.2) is 4.79 Å². The Morgan fingerprint density at radius 3 is 2.03 bits per heavy atom. The van der Waals surface area contributed by atoms with Crippen molar-refractivity contribution in [3.8, 4) is 0 Å². The van der Waals surface area contributed by atoms with Crippen molar-refractivity contribution in [2.45, 2.75) is 55.0 Å². The molecule has 190 valence electrons. The number of nitrogens with zero attached hydrogens (tertiary/aromatic N) is 1. The van der Waals surface area contributed by atoms with Crippen LogP contribution in [0.25, 0.3) is 0 Å². The van der Waals surface area contributed by atoms with E-state index >= 15 is 0 Å². The lowest BCUT2D eigenvalue weighted by Crippen LogP contribution is -2.53. The average Bonchev–Trinajstić information content (AvgIpc) is 2.92. The number of aliphatic hydroxyl groups excluding tert-OH is 1. The van der Waals surface area contributed by atoms with Crippen molar-refractivity contribution in [3.63, 3.8) is 0 Å². The first-order valence-electron chi connectivity index (χ1n) is 12.2. The molecule has 0 bridgehead atoms. The van der Waals surface area contributed by atoms with Crippen LogP contribution in [-0.2, 0) is 34.0 Å². The van der Waals surface area contributed by atoms with Crippen molar-refractivity contribution in [1.82, 2.24) is 4.90 Å². The zero-order valence-electron chi connectivity index (χ0n) is 20.1. The Labute approximate surface area is 226 Å². The second-order valence-electron chi connectivity index (χ2n) is 8.88. The minimum Gasteiger partial charge on any atom is -0.445 e. The molecule has 1 N–H and O–H groups in total. The highest BCUT2D eigenvalue weighted by Crippen LogP contribution is 2.29. The third-order valence-electron chi connectivity index (χ3n) is 6.22. The van der Waals surface area contributed by atoms with E-state index in [0.717, 1.165) is 23.1 Å². The number of aliphatic hydroxyl groups is 1. The summed E-state index contributed by atoms with van der Waals surface area (Å²) >= 11 is 2.21. The molecule has 7 heteroatoms. The molecule has 3 aromatic carbocycles. The maximum atomic E-state index is 13.5. The maximum absolute atomic E-state index is 13.5. The van der Waals surface area contributed by atoms with Crippen molar-refractivity contribution in [2.75, 3.05) is 6.61 Å². The fraction of sp³-hybridized carbons (Fsp3) is 0.345. The number of benzene rings is 3. The van der Waals surface area contributed by atoms with Crippen LogP contribution in [0.2, 0.25) is 0 Å². The molecule has 1 aliphatic heterocycles. The van der Waals surface area contributed by atoms with E-state index in [-0.39, 0.29) is 23.2 Å². The third kappa shape index (κ3) is 7.77. The van der Waals surface area contributed by atoms with Crippen molar-refractivity contribution < 1.29 is 24.1 Å². The van der Waals surface area contributed by atoms with Crippen LogP contribution in [0.4, 0.5) is 4.79 Å². The van der Waals surface area contributed by atoms with Crippen LogP contribution >= 0.6 is 22.6 Å². The fourth-order valence-electron chi connectivity index (χ4n) is 4.25. The second-order valence-corrected chi connectivity index (χ2v) is 10.5. The molecule has 0 spiro atoms. The summed E-state index contributed by atoms with van der Waals surface area (Å²) in [6.45, 7) is 1.19. The summed E-state index contributed by atoms with van der Waals surface area (Å²) in [5.41, 5.74) is 2.94. The van der Waals surface area contributed by atoms with Gasteiger partial charge in [0, 0.05) is 6.54 Å². The predicted octanol–water partition coefficient (Wildman–Crippen LogP) is 5.71. The van der Waals surface area contributed by atoms with Gasteiger partial charge in [-0.05, 0) is 29.5 Å². The Morgan fingerprint density at radius 2 is 1.44 bits per heavy atom. The SMILES string of the molecule is O=C(OCc1ccccc1)N(Cc1ccccc1)C(COCc1ccccc1)C1CCC(I)C(O)O1. The first-order valence-corrected chi connectivity index (χ1v) is 13.4. The fourth-order valence-corrected chi connectivity index (χ4v) is 4.78. The first kappa shape index (κ1) is 26.6. The molecule has 0 aromatic heterocycles. The van der Waals surface area contributed by atoms with Gasteiger partial charge in [-0.2, -0.15) is 0 Å². The van der Waals surface area contributed by atoms with E-state index in [0.29, 0.717) is 19.6 Å². The van der Waals surface area contributed by atoms with E-state index in [9.17, 15) is 9.90 Å². The van der Waals surface area contributed by atoms with E-state index in [4.69, 9.17) is 14.2 Å². The molecule has 1 aliphatic rings. The van der Waals surface area contributed by atoms with E-state index in [2.05, 4.69) is 22.6 Å². The lowest BCUT2D eigenvalue weighted by atomic mass is 10.00. The van der Waals surface area contributed by atoms with Gasteiger partial charge in [0.05, 0.1) is 29.3 Å². The number of amides is 1. The van der Waals surface area contributed by atoms with Gasteiger partial charge >= 0.3 is 6.09 Å². The molecule has 4 unspecified atom stereocenters. The molecule has 1 heterocycles. The van der Waals surface area contributed by atoms with Gasteiger partial charge in [0.1, 0.15) is 6.61 Å². The molecule has 1 fully saturated rings. The lowest BCUT2D eigenvalue weighted by molar-refractivity contribution is -0.179. The third-order valence-corrected chi connectivity index (χ3v) is 7.45. The van der Waals surface area contributed by atoms with Gasteiger partial charge in [0.25, 0.3) is 0 Å². The van der Waals surface area contributed by atoms with Crippen molar-refractivity contribution >= 4 is 28.7 Å². The zero-order valence-corrected chi connectivity index (χ0v) is 22.3. The van der Waals surface area contributed by atoms with E-state index in [1.165, 1.54) is 0 Å². The maximum Gasteiger partial charge on any atom is 0.410 e. The Morgan fingerprint density at radius 1 is 0.889 bits per heavy atom. The standard InChI is InChI=1S/C29H32INO5/c30-25-16-17-27(36-28(25)32)26(21-34-19-23-12-6-2-7-13-23)31(18-22-10-4-1-5-11-22)29(33)35-20-24-14-8-3-9-15-24/h1-15,25-28,32H,16-21H2. The number of rotatable bonds is 10. The predicted molar refractivity (Wildman–Crippen MR) is 146 cm³/mol. The van der Waals surface area contributed by atoms with Crippen LogP contribution in [0.15, 0.2) is 91.0 Å². The molecule has 0 radical (unpaired) electrons. The Kier molecular flexibility index (Phi) is 10.2. The van der Waals surface area contributed by atoms with E-state index in [1.807, 2.05) is 91.0 Å². The number of carbonyl (C=O) groups excluding carboxylic acids is 1. The summed E-state index contributed by atoms with van der Waals surface area (Å²) < 4.78 is 17.9. The van der Waals surface area contributed by atoms with E-state index < -0.39 is 18.4 Å². The number of hydrogen-bond donors (Lipinski definition) is 1. The van der Waals surface area contributed by atoms with Gasteiger partial charge in [-0.15, -0.1) is 0 Å². The number of alkyl halides is 1. The minimum atomic E-state index is -0.889. The molecule has 4 atom stereocenters. The summed E-state index contributed by atoms with van der Waals surface area (Å²) in [6, 6.07) is 28.9. The molecule has 36 heavy (non-hydrogen) atoms. The van der Waals surface area contributed by atoms with Gasteiger partial charge in [-0.3, -0.25) is 4.90 Å². The Balaban J connectivity index is 1.54. The quantitative estimate of drug-likeness (QED) is 0.238. The Hall–Kier alpha value is -2.46. The zero-order chi connectivity index (χ0) is 25.2. The van der Waals surface area contributed by atoms with Gasteiger partial charge in [0.15, 0.2) is 6.29 Å². The molecule has 1 saturated heterocycles. The summed E-state index contributed by atoms with van der Waals surface area (Å²) in [7, 11) is 0. The van der Waals surface area contributed by atoms with Crippen molar-refractivity contribution in [1.29, 1.82) is 0 Å². The number of halogens is 1. The molecular formula is C29H32INO5. The van der Waals surface area contributed by atoms with E-state index in [1.54, 1.807) is 4.90 Å². The highest BCUT2D eigenvalue weighted by atomic mass is 127. The highest BCUT2D eigenvalue weighted by Gasteiger charge is 2.38. The largest absolute Gasteiger partial charge is 0.445 e. The second kappa shape index (κ2) is 13.7. The molecule has 0 aliphatic carbocycles. The summed E-state index contributed by atoms with van der Waals surface area (Å²) in [5, 5.41) is 10.5. The number of carbonyl (C=O) groups is 1. The molecule has 1 amide bonds. The monoisotopic (exact) mass is 601 g/mol. The summed E-state index contributed by atoms with van der Waals surface area (Å²) in [6.07, 6.45) is -0.207.